The maximum absolute atomic E-state index is 12.1. The summed E-state index contributed by atoms with van der Waals surface area (Å²) in [5.41, 5.74) is 1.44. The van der Waals surface area contributed by atoms with Gasteiger partial charge in [0.25, 0.3) is 5.91 Å². The number of hydrogen-bond donors (Lipinski definition) is 1. The van der Waals surface area contributed by atoms with Gasteiger partial charge in [0.15, 0.2) is 0 Å². The minimum atomic E-state index is -0.127. The van der Waals surface area contributed by atoms with E-state index in [1.165, 1.54) is 0 Å². The van der Waals surface area contributed by atoms with Crippen molar-refractivity contribution in [3.05, 3.63) is 27.7 Å². The van der Waals surface area contributed by atoms with Crippen LogP contribution >= 0.6 is 15.9 Å². The smallest absolute Gasteiger partial charge is 0.252 e. The third-order valence-corrected chi connectivity index (χ3v) is 3.14. The Balaban J connectivity index is 2.92. The summed E-state index contributed by atoms with van der Waals surface area (Å²) in [5.74, 6) is 0.607. The Morgan fingerprint density at radius 3 is 2.78 bits per heavy atom. The van der Waals surface area contributed by atoms with Crippen molar-refractivity contribution in [1.82, 2.24) is 5.32 Å². The van der Waals surface area contributed by atoms with Gasteiger partial charge in [-0.3, -0.25) is 4.79 Å². The summed E-state index contributed by atoms with van der Waals surface area (Å²) >= 11 is 3.39. The molecule has 100 valence electrons. The van der Waals surface area contributed by atoms with Crippen LogP contribution in [0.5, 0.6) is 5.75 Å². The monoisotopic (exact) mass is 315 g/mol. The molecule has 1 amide bonds. The molecule has 0 aliphatic carbocycles. The van der Waals surface area contributed by atoms with Crippen molar-refractivity contribution in [2.75, 3.05) is 26.9 Å². The Morgan fingerprint density at radius 1 is 1.44 bits per heavy atom. The van der Waals surface area contributed by atoms with E-state index in [-0.39, 0.29) is 5.91 Å². The van der Waals surface area contributed by atoms with Gasteiger partial charge in [-0.15, -0.1) is 0 Å². The van der Waals surface area contributed by atoms with Crippen LogP contribution in [0.25, 0.3) is 0 Å². The van der Waals surface area contributed by atoms with Crippen LogP contribution in [0.3, 0.4) is 0 Å². The molecule has 4 nitrogen and oxygen atoms in total. The van der Waals surface area contributed by atoms with Gasteiger partial charge >= 0.3 is 0 Å². The molecule has 1 rings (SSSR count). The van der Waals surface area contributed by atoms with Crippen LogP contribution in [0.15, 0.2) is 16.6 Å². The highest BCUT2D eigenvalue weighted by Gasteiger charge is 2.16. The third kappa shape index (κ3) is 3.71. The highest BCUT2D eigenvalue weighted by atomic mass is 79.9. The van der Waals surface area contributed by atoms with Crippen molar-refractivity contribution in [3.63, 3.8) is 0 Å². The molecule has 0 atom stereocenters. The summed E-state index contributed by atoms with van der Waals surface area (Å²) in [6.07, 6.45) is 0. The quantitative estimate of drug-likeness (QED) is 0.821. The molecule has 0 spiro atoms. The second kappa shape index (κ2) is 7.38. The van der Waals surface area contributed by atoms with Gasteiger partial charge in [-0.25, -0.2) is 0 Å². The maximum Gasteiger partial charge on any atom is 0.252 e. The Morgan fingerprint density at radius 2 is 2.17 bits per heavy atom. The first-order valence-corrected chi connectivity index (χ1v) is 6.60. The van der Waals surface area contributed by atoms with Crippen molar-refractivity contribution in [1.29, 1.82) is 0 Å². The Labute approximate surface area is 116 Å². The SMILES string of the molecule is CCOc1ccc(Br)c(C(=O)NCCOC)c1C. The summed E-state index contributed by atoms with van der Waals surface area (Å²) in [4.78, 5) is 12.1. The lowest BCUT2D eigenvalue weighted by Crippen LogP contribution is -2.28. The molecule has 5 heteroatoms. The molecular weight excluding hydrogens is 298 g/mol. The lowest BCUT2D eigenvalue weighted by molar-refractivity contribution is 0.0935. The van der Waals surface area contributed by atoms with E-state index in [9.17, 15) is 4.79 Å². The average Bonchev–Trinajstić information content (AvgIpc) is 2.33. The Bertz CT molecular complexity index is 421. The lowest BCUT2D eigenvalue weighted by atomic mass is 10.1. The molecule has 0 aliphatic rings. The second-order valence-corrected chi connectivity index (χ2v) is 4.58. The minimum Gasteiger partial charge on any atom is -0.494 e. The van der Waals surface area contributed by atoms with E-state index in [0.29, 0.717) is 25.3 Å². The molecule has 0 heterocycles. The van der Waals surface area contributed by atoms with E-state index >= 15 is 0 Å². The zero-order valence-corrected chi connectivity index (χ0v) is 12.5. The van der Waals surface area contributed by atoms with Gasteiger partial charge in [0.1, 0.15) is 5.75 Å². The minimum absolute atomic E-state index is 0.127. The van der Waals surface area contributed by atoms with E-state index in [1.807, 2.05) is 26.0 Å². The maximum atomic E-state index is 12.1. The summed E-state index contributed by atoms with van der Waals surface area (Å²) < 4.78 is 11.1. The summed E-state index contributed by atoms with van der Waals surface area (Å²) in [7, 11) is 1.60. The predicted octanol–water partition coefficient (Wildman–Crippen LogP) is 2.53. The zero-order chi connectivity index (χ0) is 13.5. The molecule has 0 unspecified atom stereocenters. The first kappa shape index (κ1) is 15.0. The fraction of sp³-hybridized carbons (Fsp3) is 0.462. The number of amides is 1. The Kier molecular flexibility index (Phi) is 6.15. The van der Waals surface area contributed by atoms with Gasteiger partial charge in [0.05, 0.1) is 18.8 Å². The average molecular weight is 316 g/mol. The first-order chi connectivity index (χ1) is 8.61. The Hall–Kier alpha value is -1.07. The molecule has 0 bridgehead atoms. The first-order valence-electron chi connectivity index (χ1n) is 5.80. The largest absolute Gasteiger partial charge is 0.494 e. The number of halogens is 1. The molecule has 1 aromatic rings. The van der Waals surface area contributed by atoms with Gasteiger partial charge in [0, 0.05) is 23.7 Å². The van der Waals surface area contributed by atoms with E-state index in [0.717, 1.165) is 15.8 Å². The van der Waals surface area contributed by atoms with Crippen LogP contribution < -0.4 is 10.1 Å². The molecule has 1 N–H and O–H groups in total. The normalized spacial score (nSPS) is 10.2. The fourth-order valence-electron chi connectivity index (χ4n) is 1.61. The highest BCUT2D eigenvalue weighted by molar-refractivity contribution is 9.10. The molecule has 0 fully saturated rings. The molecule has 0 aliphatic heterocycles. The molecule has 0 saturated carbocycles. The number of ether oxygens (including phenoxy) is 2. The standard InChI is InChI=1S/C13H18BrNO3/c1-4-18-11-6-5-10(14)12(9(11)2)13(16)15-7-8-17-3/h5-6H,4,7-8H2,1-3H3,(H,15,16). The van der Waals surface area contributed by atoms with E-state index in [2.05, 4.69) is 21.2 Å². The summed E-state index contributed by atoms with van der Waals surface area (Å²) in [5, 5.41) is 2.80. The van der Waals surface area contributed by atoms with Crippen LogP contribution in [0.2, 0.25) is 0 Å². The number of nitrogens with one attached hydrogen (secondary N) is 1. The fourth-order valence-corrected chi connectivity index (χ4v) is 2.21. The number of hydrogen-bond acceptors (Lipinski definition) is 3. The number of rotatable bonds is 6. The molecular formula is C13H18BrNO3. The van der Waals surface area contributed by atoms with Gasteiger partial charge < -0.3 is 14.8 Å². The molecule has 0 aromatic heterocycles. The van der Waals surface area contributed by atoms with Gasteiger partial charge in [-0.05, 0) is 41.9 Å². The van der Waals surface area contributed by atoms with Crippen molar-refractivity contribution in [3.8, 4) is 5.75 Å². The summed E-state index contributed by atoms with van der Waals surface area (Å²) in [6, 6.07) is 3.68. The summed E-state index contributed by atoms with van der Waals surface area (Å²) in [6.45, 7) is 5.35. The van der Waals surface area contributed by atoms with Crippen molar-refractivity contribution in [2.24, 2.45) is 0 Å². The highest BCUT2D eigenvalue weighted by Crippen LogP contribution is 2.28. The molecule has 1 aromatic carbocycles. The van der Waals surface area contributed by atoms with Crippen molar-refractivity contribution in [2.45, 2.75) is 13.8 Å². The van der Waals surface area contributed by atoms with E-state index in [1.54, 1.807) is 7.11 Å². The van der Waals surface area contributed by atoms with Gasteiger partial charge in [-0.1, -0.05) is 0 Å². The lowest BCUT2D eigenvalue weighted by Gasteiger charge is -2.13. The number of carbonyl (C=O) groups is 1. The van der Waals surface area contributed by atoms with Crippen LogP contribution in [-0.2, 0) is 4.74 Å². The van der Waals surface area contributed by atoms with Crippen molar-refractivity contribution < 1.29 is 14.3 Å². The van der Waals surface area contributed by atoms with Crippen LogP contribution in [-0.4, -0.2) is 32.8 Å². The van der Waals surface area contributed by atoms with Crippen LogP contribution in [0.1, 0.15) is 22.8 Å². The van der Waals surface area contributed by atoms with Crippen molar-refractivity contribution >= 4 is 21.8 Å². The molecule has 18 heavy (non-hydrogen) atoms. The van der Waals surface area contributed by atoms with Crippen LogP contribution in [0, 0.1) is 6.92 Å². The molecule has 0 radical (unpaired) electrons. The number of methoxy groups -OCH3 is 1. The van der Waals surface area contributed by atoms with E-state index in [4.69, 9.17) is 9.47 Å². The van der Waals surface area contributed by atoms with Gasteiger partial charge in [0.2, 0.25) is 0 Å². The second-order valence-electron chi connectivity index (χ2n) is 3.73. The van der Waals surface area contributed by atoms with Gasteiger partial charge in [-0.2, -0.15) is 0 Å². The number of benzene rings is 1. The topological polar surface area (TPSA) is 47.6 Å². The van der Waals surface area contributed by atoms with E-state index < -0.39 is 0 Å². The molecule has 0 saturated heterocycles. The van der Waals surface area contributed by atoms with Crippen LogP contribution in [0.4, 0.5) is 0 Å². The zero-order valence-electron chi connectivity index (χ0n) is 10.9. The third-order valence-electron chi connectivity index (χ3n) is 2.48. The number of carbonyl (C=O) groups excluding carboxylic acids is 1. The predicted molar refractivity (Wildman–Crippen MR) is 74.3 cm³/mol.